The molecule has 1 unspecified atom stereocenters. The molecule has 0 saturated carbocycles. The van der Waals surface area contributed by atoms with Gasteiger partial charge in [0.1, 0.15) is 0 Å². The lowest BCUT2D eigenvalue weighted by molar-refractivity contribution is -0.134. The van der Waals surface area contributed by atoms with Gasteiger partial charge in [-0.05, 0) is 30.5 Å². The molecule has 0 spiro atoms. The highest BCUT2D eigenvalue weighted by molar-refractivity contribution is 5.80. The summed E-state index contributed by atoms with van der Waals surface area (Å²) in [5.41, 5.74) is 4.52. The van der Waals surface area contributed by atoms with Crippen LogP contribution < -0.4 is 0 Å². The lowest BCUT2D eigenvalue weighted by Crippen LogP contribution is -2.37. The summed E-state index contributed by atoms with van der Waals surface area (Å²) in [7, 11) is 0. The fourth-order valence-electron chi connectivity index (χ4n) is 4.10. The summed E-state index contributed by atoms with van der Waals surface area (Å²) >= 11 is 0. The van der Waals surface area contributed by atoms with Crippen LogP contribution in [0.1, 0.15) is 18.2 Å². The lowest BCUT2D eigenvalue weighted by Gasteiger charge is -2.24. The molecule has 6 nitrogen and oxygen atoms in total. The van der Waals surface area contributed by atoms with Crippen LogP contribution in [0.15, 0.2) is 61.3 Å². The average molecular weight is 390 g/mol. The molecule has 1 saturated heterocycles. The van der Waals surface area contributed by atoms with Crippen molar-refractivity contribution in [1.29, 1.82) is 0 Å². The summed E-state index contributed by atoms with van der Waals surface area (Å²) in [6, 6.07) is 12.4. The van der Waals surface area contributed by atoms with Gasteiger partial charge in [-0.3, -0.25) is 14.7 Å². The zero-order chi connectivity index (χ0) is 20.1. The topological polar surface area (TPSA) is 65.1 Å². The van der Waals surface area contributed by atoms with Crippen molar-refractivity contribution in [3.8, 4) is 11.1 Å². The molecular weight excluding hydrogens is 362 g/mol. The third-order valence-electron chi connectivity index (χ3n) is 5.61. The lowest BCUT2D eigenvalue weighted by atomic mass is 9.91. The number of amides is 1. The Morgan fingerprint density at radius 1 is 1.10 bits per heavy atom. The zero-order valence-electron chi connectivity index (χ0n) is 16.8. The molecule has 0 bridgehead atoms. The summed E-state index contributed by atoms with van der Waals surface area (Å²) < 4.78 is 0. The first-order valence-electron chi connectivity index (χ1n) is 10.2. The summed E-state index contributed by atoms with van der Waals surface area (Å²) in [6.45, 7) is 5.98. The van der Waals surface area contributed by atoms with E-state index in [0.29, 0.717) is 0 Å². The van der Waals surface area contributed by atoms with E-state index >= 15 is 0 Å². The minimum Gasteiger partial charge on any atom is -0.347 e. The van der Waals surface area contributed by atoms with Crippen molar-refractivity contribution in [2.45, 2.75) is 19.9 Å². The van der Waals surface area contributed by atoms with Crippen molar-refractivity contribution in [3.63, 3.8) is 0 Å². The van der Waals surface area contributed by atoms with Gasteiger partial charge in [-0.25, -0.2) is 4.98 Å². The molecule has 3 aromatic rings. The molecule has 0 aliphatic carbocycles. The number of imidazole rings is 1. The van der Waals surface area contributed by atoms with Gasteiger partial charge >= 0.3 is 0 Å². The maximum absolute atomic E-state index is 13.2. The van der Waals surface area contributed by atoms with Gasteiger partial charge in [0.15, 0.2) is 0 Å². The highest BCUT2D eigenvalue weighted by atomic mass is 16.2. The van der Waals surface area contributed by atoms with Crippen molar-refractivity contribution in [2.75, 3.05) is 26.2 Å². The normalized spacial score (nSPS) is 18.0. The first-order chi connectivity index (χ1) is 14.2. The number of hydrogen-bond donors (Lipinski definition) is 1. The molecular formula is C23H27N5O. The highest BCUT2D eigenvalue weighted by Crippen LogP contribution is 2.27. The second kappa shape index (κ2) is 9.01. The number of carbonyl (C=O) groups excluding carboxylic acids is 1. The molecule has 4 rings (SSSR count). The van der Waals surface area contributed by atoms with E-state index in [4.69, 9.17) is 0 Å². The fraction of sp³-hybridized carbons (Fsp3) is 0.348. The Balaban J connectivity index is 1.59. The van der Waals surface area contributed by atoms with E-state index in [2.05, 4.69) is 51.0 Å². The zero-order valence-corrected chi connectivity index (χ0v) is 16.8. The highest BCUT2D eigenvalue weighted by Gasteiger charge is 2.30. The summed E-state index contributed by atoms with van der Waals surface area (Å²) in [5, 5.41) is 0. The van der Waals surface area contributed by atoms with Gasteiger partial charge in [0.2, 0.25) is 5.91 Å². The predicted octanol–water partition coefficient (Wildman–Crippen LogP) is 2.99. The maximum atomic E-state index is 13.2. The molecule has 29 heavy (non-hydrogen) atoms. The summed E-state index contributed by atoms with van der Waals surface area (Å²) in [5.74, 6) is 0.179. The molecule has 6 heteroatoms. The van der Waals surface area contributed by atoms with Crippen LogP contribution in [0, 0.1) is 5.92 Å². The third kappa shape index (κ3) is 4.54. The van der Waals surface area contributed by atoms with Crippen LogP contribution in [0.4, 0.5) is 0 Å². The van der Waals surface area contributed by atoms with Gasteiger partial charge < -0.3 is 9.88 Å². The number of pyridine rings is 1. The number of nitrogens with one attached hydrogen (secondary N) is 1. The van der Waals surface area contributed by atoms with E-state index in [1.54, 1.807) is 12.5 Å². The summed E-state index contributed by atoms with van der Waals surface area (Å²) in [4.78, 5) is 29.2. The van der Waals surface area contributed by atoms with Gasteiger partial charge in [0.05, 0.1) is 12.2 Å². The number of rotatable bonds is 6. The number of likely N-dealkylation sites (N-methyl/N-ethyl adjacent to an activating group) is 1. The first kappa shape index (κ1) is 19.3. The Morgan fingerprint density at radius 3 is 2.76 bits per heavy atom. The molecule has 2 aromatic heterocycles. The maximum Gasteiger partial charge on any atom is 0.227 e. The van der Waals surface area contributed by atoms with E-state index in [1.807, 2.05) is 29.4 Å². The van der Waals surface area contributed by atoms with E-state index < -0.39 is 0 Å². The fourth-order valence-corrected chi connectivity index (χ4v) is 4.10. The molecule has 1 aliphatic heterocycles. The van der Waals surface area contributed by atoms with Gasteiger partial charge in [-0.1, -0.05) is 30.3 Å². The van der Waals surface area contributed by atoms with Crippen molar-refractivity contribution >= 4 is 5.91 Å². The number of benzene rings is 1. The van der Waals surface area contributed by atoms with E-state index in [1.165, 1.54) is 5.56 Å². The number of aromatic amines is 1. The number of carbonyl (C=O) groups is 1. The monoisotopic (exact) mass is 389 g/mol. The standard InChI is InChI=1S/C23H27N5O/c1-2-28-11-10-27(16-21-14-25-17-26-21)15-20(23(28)29)12-18-6-3-4-8-22(18)19-7-5-9-24-13-19/h3-9,13-14,17,20H,2,10-12,15-16H2,1H3,(H,25,26). The van der Waals surface area contributed by atoms with Crippen molar-refractivity contribution < 1.29 is 4.79 Å². The largest absolute Gasteiger partial charge is 0.347 e. The smallest absolute Gasteiger partial charge is 0.227 e. The second-order valence-corrected chi connectivity index (χ2v) is 7.53. The molecule has 1 aromatic carbocycles. The molecule has 150 valence electrons. The number of nitrogens with zero attached hydrogens (tertiary/aromatic N) is 4. The van der Waals surface area contributed by atoms with Crippen molar-refractivity contribution in [3.05, 3.63) is 72.6 Å². The van der Waals surface area contributed by atoms with Crippen LogP contribution in [-0.2, 0) is 17.8 Å². The molecule has 1 fully saturated rings. The van der Waals surface area contributed by atoms with Crippen molar-refractivity contribution in [2.24, 2.45) is 5.92 Å². The molecule has 0 radical (unpaired) electrons. The van der Waals surface area contributed by atoms with Crippen LogP contribution in [0.3, 0.4) is 0 Å². The average Bonchev–Trinajstić information content (AvgIpc) is 3.22. The number of H-pyrrole nitrogens is 1. The van der Waals surface area contributed by atoms with Crippen LogP contribution in [0.2, 0.25) is 0 Å². The van der Waals surface area contributed by atoms with Crippen LogP contribution in [-0.4, -0.2) is 56.8 Å². The van der Waals surface area contributed by atoms with Gasteiger partial charge in [0.25, 0.3) is 0 Å². The molecule has 3 heterocycles. The van der Waals surface area contributed by atoms with Crippen LogP contribution >= 0.6 is 0 Å². The number of aromatic nitrogens is 3. The molecule has 1 N–H and O–H groups in total. The Labute approximate surface area is 171 Å². The van der Waals surface area contributed by atoms with Gasteiger partial charge in [-0.2, -0.15) is 0 Å². The third-order valence-corrected chi connectivity index (χ3v) is 5.61. The molecule has 1 amide bonds. The van der Waals surface area contributed by atoms with Gasteiger partial charge in [-0.15, -0.1) is 0 Å². The Kier molecular flexibility index (Phi) is 6.00. The minimum absolute atomic E-state index is 0.0711. The minimum atomic E-state index is -0.0711. The molecule has 1 atom stereocenters. The predicted molar refractivity (Wildman–Crippen MR) is 113 cm³/mol. The van der Waals surface area contributed by atoms with Crippen molar-refractivity contribution in [1.82, 2.24) is 24.8 Å². The van der Waals surface area contributed by atoms with E-state index in [-0.39, 0.29) is 11.8 Å². The van der Waals surface area contributed by atoms with Gasteiger partial charge in [0, 0.05) is 62.6 Å². The van der Waals surface area contributed by atoms with Crippen LogP contribution in [0.5, 0.6) is 0 Å². The molecule has 1 aliphatic rings. The van der Waals surface area contributed by atoms with E-state index in [0.717, 1.165) is 56.0 Å². The Bertz CT molecular complexity index is 925. The first-order valence-corrected chi connectivity index (χ1v) is 10.2. The quantitative estimate of drug-likeness (QED) is 0.704. The SMILES string of the molecule is CCN1CCN(Cc2cnc[nH]2)CC(Cc2ccccc2-c2cccnc2)C1=O. The number of hydrogen-bond acceptors (Lipinski definition) is 4. The Morgan fingerprint density at radius 2 is 2.00 bits per heavy atom. The second-order valence-electron chi connectivity index (χ2n) is 7.53. The van der Waals surface area contributed by atoms with E-state index in [9.17, 15) is 4.79 Å². The summed E-state index contributed by atoms with van der Waals surface area (Å²) in [6.07, 6.45) is 7.96. The van der Waals surface area contributed by atoms with Crippen LogP contribution in [0.25, 0.3) is 11.1 Å². The Hall–Kier alpha value is -2.99.